The Kier molecular flexibility index (Phi) is 7.63. The Hall–Kier alpha value is -2.00. The van der Waals surface area contributed by atoms with Crippen LogP contribution in [0.25, 0.3) is 0 Å². The van der Waals surface area contributed by atoms with Crippen LogP contribution >= 0.6 is 0 Å². The molecule has 0 spiro atoms. The van der Waals surface area contributed by atoms with Gasteiger partial charge >= 0.3 is 0 Å². The van der Waals surface area contributed by atoms with E-state index in [2.05, 4.69) is 48.2 Å². The molecule has 2 aromatic carbocycles. The average molecular weight is 327 g/mol. The Labute approximate surface area is 146 Å². The molecule has 0 aliphatic rings. The lowest BCUT2D eigenvalue weighted by molar-refractivity contribution is 0.280. The van der Waals surface area contributed by atoms with E-state index in [1.807, 2.05) is 12.1 Å². The van der Waals surface area contributed by atoms with Crippen LogP contribution in [0.3, 0.4) is 0 Å². The van der Waals surface area contributed by atoms with E-state index in [1.165, 1.54) is 17.5 Å². The number of hydrogen-bond acceptors (Lipinski definition) is 3. The smallest absolute Gasteiger partial charge is 0.119 e. The van der Waals surface area contributed by atoms with Gasteiger partial charge in [0, 0.05) is 13.1 Å². The zero-order valence-corrected chi connectivity index (χ0v) is 15.1. The molecular weight excluding hydrogens is 298 g/mol. The molecule has 0 N–H and O–H groups in total. The zero-order valence-electron chi connectivity index (χ0n) is 15.1. The summed E-state index contributed by atoms with van der Waals surface area (Å²) in [6.45, 7) is 5.52. The number of nitrogens with zero attached hydrogens (tertiary/aromatic N) is 1. The largest absolute Gasteiger partial charge is 0.497 e. The van der Waals surface area contributed by atoms with Crippen molar-refractivity contribution in [1.29, 1.82) is 0 Å². The summed E-state index contributed by atoms with van der Waals surface area (Å²) in [4.78, 5) is 2.54. The van der Waals surface area contributed by atoms with Crippen molar-refractivity contribution in [2.75, 3.05) is 33.9 Å². The van der Waals surface area contributed by atoms with Crippen molar-refractivity contribution in [2.24, 2.45) is 0 Å². The molecule has 130 valence electrons. The molecule has 0 saturated carbocycles. The third-order valence-corrected chi connectivity index (χ3v) is 4.24. The van der Waals surface area contributed by atoms with Crippen LogP contribution in [0.2, 0.25) is 0 Å². The molecular formula is C21H29NO2. The molecule has 0 saturated heterocycles. The predicted molar refractivity (Wildman–Crippen MR) is 100 cm³/mol. The van der Waals surface area contributed by atoms with Gasteiger partial charge in [-0.2, -0.15) is 0 Å². The minimum Gasteiger partial charge on any atom is -0.497 e. The molecule has 0 aliphatic heterocycles. The van der Waals surface area contributed by atoms with E-state index in [9.17, 15) is 0 Å². The Morgan fingerprint density at radius 1 is 0.750 bits per heavy atom. The molecule has 0 amide bonds. The highest BCUT2D eigenvalue weighted by Gasteiger charge is 2.06. The fourth-order valence-electron chi connectivity index (χ4n) is 2.88. The molecule has 2 rings (SSSR count). The second-order valence-electron chi connectivity index (χ2n) is 6.04. The van der Waals surface area contributed by atoms with Gasteiger partial charge in [-0.05, 0) is 61.2 Å². The highest BCUT2D eigenvalue weighted by atomic mass is 16.5. The Balaban J connectivity index is 1.88. The maximum Gasteiger partial charge on any atom is 0.119 e. The monoisotopic (exact) mass is 327 g/mol. The third kappa shape index (κ3) is 5.89. The molecule has 0 fully saturated rings. The van der Waals surface area contributed by atoms with Gasteiger partial charge in [0.2, 0.25) is 0 Å². The maximum absolute atomic E-state index is 5.31. The Bertz CT molecular complexity index is 561. The van der Waals surface area contributed by atoms with Crippen LogP contribution in [0.15, 0.2) is 48.5 Å². The SMILES string of the molecule is CCCN(CCc1cccc(OC)c1)CCc1cccc(OC)c1. The van der Waals surface area contributed by atoms with E-state index in [-0.39, 0.29) is 0 Å². The Morgan fingerprint density at radius 3 is 1.67 bits per heavy atom. The van der Waals surface area contributed by atoms with Crippen LogP contribution in [-0.4, -0.2) is 38.8 Å². The van der Waals surface area contributed by atoms with Crippen molar-refractivity contribution in [3.05, 3.63) is 59.7 Å². The van der Waals surface area contributed by atoms with Gasteiger partial charge in [0.1, 0.15) is 11.5 Å². The van der Waals surface area contributed by atoms with Crippen molar-refractivity contribution in [2.45, 2.75) is 26.2 Å². The fourth-order valence-corrected chi connectivity index (χ4v) is 2.88. The minimum atomic E-state index is 0.936. The van der Waals surface area contributed by atoms with Gasteiger partial charge < -0.3 is 14.4 Å². The van der Waals surface area contributed by atoms with Crippen LogP contribution in [0.5, 0.6) is 11.5 Å². The summed E-state index contributed by atoms with van der Waals surface area (Å²) < 4.78 is 10.6. The summed E-state index contributed by atoms with van der Waals surface area (Å²) in [5, 5.41) is 0. The van der Waals surface area contributed by atoms with Gasteiger partial charge in [-0.15, -0.1) is 0 Å². The number of hydrogen-bond donors (Lipinski definition) is 0. The van der Waals surface area contributed by atoms with Crippen molar-refractivity contribution in [3.63, 3.8) is 0 Å². The summed E-state index contributed by atoms with van der Waals surface area (Å²) >= 11 is 0. The van der Waals surface area contributed by atoms with Crippen LogP contribution in [0.4, 0.5) is 0 Å². The highest BCUT2D eigenvalue weighted by Crippen LogP contribution is 2.15. The van der Waals surface area contributed by atoms with Gasteiger partial charge in [-0.1, -0.05) is 31.2 Å². The molecule has 0 bridgehead atoms. The predicted octanol–water partition coefficient (Wildman–Crippen LogP) is 4.20. The third-order valence-electron chi connectivity index (χ3n) is 4.24. The second-order valence-corrected chi connectivity index (χ2v) is 6.04. The highest BCUT2D eigenvalue weighted by molar-refractivity contribution is 5.29. The molecule has 3 heteroatoms. The lowest BCUT2D eigenvalue weighted by Crippen LogP contribution is -2.29. The number of ether oxygens (including phenoxy) is 2. The van der Waals surface area contributed by atoms with Crippen LogP contribution in [-0.2, 0) is 12.8 Å². The van der Waals surface area contributed by atoms with Crippen molar-refractivity contribution >= 4 is 0 Å². The van der Waals surface area contributed by atoms with Crippen molar-refractivity contribution < 1.29 is 9.47 Å². The van der Waals surface area contributed by atoms with Crippen molar-refractivity contribution in [1.82, 2.24) is 4.90 Å². The van der Waals surface area contributed by atoms with Gasteiger partial charge in [0.05, 0.1) is 14.2 Å². The lowest BCUT2D eigenvalue weighted by Gasteiger charge is -2.22. The lowest BCUT2D eigenvalue weighted by atomic mass is 10.1. The zero-order chi connectivity index (χ0) is 17.2. The van der Waals surface area contributed by atoms with E-state index >= 15 is 0 Å². The molecule has 0 unspecified atom stereocenters. The van der Waals surface area contributed by atoms with Gasteiger partial charge in [-0.3, -0.25) is 0 Å². The van der Waals surface area contributed by atoms with Crippen LogP contribution < -0.4 is 9.47 Å². The molecule has 0 aliphatic carbocycles. The molecule has 24 heavy (non-hydrogen) atoms. The quantitative estimate of drug-likeness (QED) is 0.653. The maximum atomic E-state index is 5.31. The Morgan fingerprint density at radius 2 is 1.25 bits per heavy atom. The number of rotatable bonds is 10. The fraction of sp³-hybridized carbons (Fsp3) is 0.429. The normalized spacial score (nSPS) is 10.8. The molecule has 0 aromatic heterocycles. The van der Waals surface area contributed by atoms with Gasteiger partial charge in [0.25, 0.3) is 0 Å². The number of benzene rings is 2. The molecule has 0 heterocycles. The van der Waals surface area contributed by atoms with E-state index in [0.717, 1.165) is 44.0 Å². The molecule has 0 atom stereocenters. The first-order chi connectivity index (χ1) is 11.7. The van der Waals surface area contributed by atoms with Gasteiger partial charge in [-0.25, -0.2) is 0 Å². The summed E-state index contributed by atoms with van der Waals surface area (Å²) in [7, 11) is 3.44. The summed E-state index contributed by atoms with van der Waals surface area (Å²) in [6, 6.07) is 16.7. The number of methoxy groups -OCH3 is 2. The molecule has 3 nitrogen and oxygen atoms in total. The summed E-state index contributed by atoms with van der Waals surface area (Å²) in [6.07, 6.45) is 3.28. The van der Waals surface area contributed by atoms with E-state index < -0.39 is 0 Å². The minimum absolute atomic E-state index is 0.936. The van der Waals surface area contributed by atoms with E-state index in [1.54, 1.807) is 14.2 Å². The molecule has 2 aromatic rings. The standard InChI is InChI=1S/C21H29NO2/c1-4-13-22(14-11-18-7-5-9-20(16-18)23-2)15-12-19-8-6-10-21(17-19)24-3/h5-10,16-17H,4,11-15H2,1-3H3. The average Bonchev–Trinajstić information content (AvgIpc) is 2.64. The first-order valence-electron chi connectivity index (χ1n) is 8.73. The topological polar surface area (TPSA) is 21.7 Å². The molecule has 0 radical (unpaired) electrons. The van der Waals surface area contributed by atoms with Crippen LogP contribution in [0.1, 0.15) is 24.5 Å². The first kappa shape index (κ1) is 18.3. The summed E-state index contributed by atoms with van der Waals surface area (Å²) in [5.41, 5.74) is 2.66. The second kappa shape index (κ2) is 9.99. The first-order valence-corrected chi connectivity index (χ1v) is 8.73. The van der Waals surface area contributed by atoms with Gasteiger partial charge in [0.15, 0.2) is 0 Å². The van der Waals surface area contributed by atoms with Crippen LogP contribution in [0, 0.1) is 0 Å². The van der Waals surface area contributed by atoms with Crippen molar-refractivity contribution in [3.8, 4) is 11.5 Å². The van der Waals surface area contributed by atoms with E-state index in [0.29, 0.717) is 0 Å². The summed E-state index contributed by atoms with van der Waals surface area (Å²) in [5.74, 6) is 1.87. The van der Waals surface area contributed by atoms with E-state index in [4.69, 9.17) is 9.47 Å².